The van der Waals surface area contributed by atoms with E-state index in [0.29, 0.717) is 0 Å². The van der Waals surface area contributed by atoms with Crippen LogP contribution in [0, 0.1) is 5.82 Å². The number of carbonyl (C=O) groups excluding carboxylic acids is 3. The fraction of sp³-hybridized carbons (Fsp3) is 0.100. The number of ketones is 1. The first-order valence-corrected chi connectivity index (χ1v) is 5.22. The van der Waals surface area contributed by atoms with E-state index in [0.717, 1.165) is 13.2 Å². The molecular weight excluding hydrogens is 297 g/mol. The maximum Gasteiger partial charge on any atom is 0.340 e. The summed E-state index contributed by atoms with van der Waals surface area (Å²) in [5.74, 6) is -3.63. The molecule has 88 valence electrons. The van der Waals surface area contributed by atoms with Crippen molar-refractivity contribution in [1.29, 1.82) is 0 Å². The van der Waals surface area contributed by atoms with Gasteiger partial charge in [0.2, 0.25) is 0 Å². The highest BCUT2D eigenvalue weighted by Crippen LogP contribution is 2.34. The van der Waals surface area contributed by atoms with Crippen molar-refractivity contribution >= 4 is 39.3 Å². The number of halogens is 2. The Kier molecular flexibility index (Phi) is 2.70. The summed E-state index contributed by atoms with van der Waals surface area (Å²) in [7, 11) is 1.14. The summed E-state index contributed by atoms with van der Waals surface area (Å²) in [6, 6.07) is 1.15. The Balaban J connectivity index is 2.75. The Morgan fingerprint density at radius 3 is 2.71 bits per heavy atom. The van der Waals surface area contributed by atoms with Crippen LogP contribution in [-0.2, 0) is 9.53 Å². The molecule has 7 heteroatoms. The van der Waals surface area contributed by atoms with Gasteiger partial charge in [-0.1, -0.05) is 0 Å². The van der Waals surface area contributed by atoms with E-state index < -0.39 is 29.0 Å². The van der Waals surface area contributed by atoms with Crippen LogP contribution in [0.4, 0.5) is 10.1 Å². The molecule has 5 nitrogen and oxygen atoms in total. The van der Waals surface area contributed by atoms with Crippen LogP contribution in [-0.4, -0.2) is 24.8 Å². The van der Waals surface area contributed by atoms with Crippen molar-refractivity contribution in [2.24, 2.45) is 0 Å². The van der Waals surface area contributed by atoms with Crippen LogP contribution in [0.2, 0.25) is 0 Å². The van der Waals surface area contributed by atoms with Crippen LogP contribution < -0.4 is 5.32 Å². The van der Waals surface area contributed by atoms with Crippen molar-refractivity contribution in [2.45, 2.75) is 0 Å². The zero-order valence-electron chi connectivity index (χ0n) is 8.47. The van der Waals surface area contributed by atoms with Gasteiger partial charge in [-0.15, -0.1) is 0 Å². The van der Waals surface area contributed by atoms with E-state index in [1.165, 1.54) is 0 Å². The van der Waals surface area contributed by atoms with Gasteiger partial charge in [-0.3, -0.25) is 9.59 Å². The van der Waals surface area contributed by atoms with Crippen molar-refractivity contribution < 1.29 is 23.5 Å². The molecule has 1 aliphatic rings. The average Bonchev–Trinajstić information content (AvgIpc) is 2.60. The van der Waals surface area contributed by atoms with Crippen molar-refractivity contribution in [3.63, 3.8) is 0 Å². The molecule has 0 radical (unpaired) electrons. The molecule has 0 saturated heterocycles. The predicted octanol–water partition coefficient (Wildman–Crippen LogP) is 1.51. The molecule has 2 rings (SSSR count). The van der Waals surface area contributed by atoms with Gasteiger partial charge in [-0.2, -0.15) is 0 Å². The molecule has 0 saturated carbocycles. The van der Waals surface area contributed by atoms with Gasteiger partial charge in [0, 0.05) is 0 Å². The van der Waals surface area contributed by atoms with Crippen LogP contribution >= 0.6 is 15.9 Å². The van der Waals surface area contributed by atoms with Crippen LogP contribution in [0.25, 0.3) is 0 Å². The van der Waals surface area contributed by atoms with Crippen LogP contribution in [0.5, 0.6) is 0 Å². The summed E-state index contributed by atoms with van der Waals surface area (Å²) in [4.78, 5) is 34.0. The lowest BCUT2D eigenvalue weighted by Crippen LogP contribution is -2.13. The zero-order valence-corrected chi connectivity index (χ0v) is 10.1. The molecule has 0 unspecified atom stereocenters. The van der Waals surface area contributed by atoms with E-state index in [2.05, 4.69) is 26.0 Å². The molecule has 1 N–H and O–H groups in total. The number of methoxy groups -OCH3 is 1. The number of Topliss-reactive ketones (excluding diaryl/α,β-unsaturated/α-hetero) is 1. The molecule has 1 aromatic rings. The highest BCUT2D eigenvalue weighted by Gasteiger charge is 2.36. The number of benzene rings is 1. The number of carbonyl (C=O) groups is 3. The monoisotopic (exact) mass is 301 g/mol. The van der Waals surface area contributed by atoms with Crippen molar-refractivity contribution in [3.8, 4) is 0 Å². The predicted molar refractivity (Wildman–Crippen MR) is 58.4 cm³/mol. The fourth-order valence-electron chi connectivity index (χ4n) is 1.52. The first-order chi connectivity index (χ1) is 7.97. The number of rotatable bonds is 1. The Morgan fingerprint density at radius 2 is 2.12 bits per heavy atom. The molecule has 1 heterocycles. The van der Waals surface area contributed by atoms with E-state index in [-0.39, 0.29) is 15.7 Å². The first-order valence-electron chi connectivity index (χ1n) is 4.43. The standard InChI is InChI=1S/C10H5BrFNO4/c1-17-10(16)3-2-4(11)6(12)5-7(3)13-9(15)8(5)14/h2H,1H3,(H,13,14,15). The molecule has 0 aliphatic carbocycles. The quantitative estimate of drug-likeness (QED) is 0.630. The molecule has 17 heavy (non-hydrogen) atoms. The zero-order chi connectivity index (χ0) is 12.7. The minimum absolute atomic E-state index is 0.0741. The van der Waals surface area contributed by atoms with Gasteiger partial charge < -0.3 is 10.1 Å². The summed E-state index contributed by atoms with van der Waals surface area (Å²) in [5, 5.41) is 2.15. The van der Waals surface area contributed by atoms with Crippen molar-refractivity contribution in [1.82, 2.24) is 0 Å². The maximum atomic E-state index is 13.7. The summed E-state index contributed by atoms with van der Waals surface area (Å²) in [5.41, 5.74) is -0.660. The Hall–Kier alpha value is -1.76. The minimum atomic E-state index is -1.01. The van der Waals surface area contributed by atoms with E-state index in [4.69, 9.17) is 0 Å². The third kappa shape index (κ3) is 1.62. The summed E-state index contributed by atoms with van der Waals surface area (Å²) < 4.78 is 18.1. The van der Waals surface area contributed by atoms with E-state index in [1.807, 2.05) is 0 Å². The first kappa shape index (κ1) is 11.7. The molecular formula is C10H5BrFNO4. The number of hydrogen-bond acceptors (Lipinski definition) is 4. The second kappa shape index (κ2) is 3.92. The molecule has 0 bridgehead atoms. The molecule has 1 aliphatic heterocycles. The van der Waals surface area contributed by atoms with Gasteiger partial charge in [0.15, 0.2) is 5.82 Å². The molecule has 0 aromatic heterocycles. The molecule has 1 amide bonds. The number of ether oxygens (including phenoxy) is 1. The van der Waals surface area contributed by atoms with Crippen LogP contribution in [0.3, 0.4) is 0 Å². The second-order valence-corrected chi connectivity index (χ2v) is 4.10. The number of hydrogen-bond donors (Lipinski definition) is 1. The van der Waals surface area contributed by atoms with Gasteiger partial charge in [0.25, 0.3) is 11.7 Å². The Labute approximate surface area is 103 Å². The van der Waals surface area contributed by atoms with Gasteiger partial charge in [-0.25, -0.2) is 9.18 Å². The molecule has 0 spiro atoms. The van der Waals surface area contributed by atoms with E-state index >= 15 is 0 Å². The molecule has 0 fully saturated rings. The smallest absolute Gasteiger partial charge is 0.340 e. The highest BCUT2D eigenvalue weighted by molar-refractivity contribution is 9.10. The van der Waals surface area contributed by atoms with Crippen LogP contribution in [0.1, 0.15) is 20.7 Å². The number of amides is 1. The molecule has 0 atom stereocenters. The third-order valence-electron chi connectivity index (χ3n) is 2.30. The lowest BCUT2D eigenvalue weighted by atomic mass is 10.1. The fourth-order valence-corrected chi connectivity index (χ4v) is 1.95. The Morgan fingerprint density at radius 1 is 1.47 bits per heavy atom. The Bertz CT molecular complexity index is 570. The van der Waals surface area contributed by atoms with Gasteiger partial charge in [0.05, 0.1) is 28.4 Å². The number of fused-ring (bicyclic) bond motifs is 1. The van der Waals surface area contributed by atoms with Gasteiger partial charge in [-0.05, 0) is 22.0 Å². The lowest BCUT2D eigenvalue weighted by molar-refractivity contribution is -0.112. The summed E-state index contributed by atoms with van der Waals surface area (Å²) in [6.07, 6.45) is 0. The van der Waals surface area contributed by atoms with Crippen molar-refractivity contribution in [2.75, 3.05) is 12.4 Å². The number of anilines is 1. The van der Waals surface area contributed by atoms with Crippen LogP contribution in [0.15, 0.2) is 10.5 Å². The van der Waals surface area contributed by atoms with Gasteiger partial charge >= 0.3 is 5.97 Å². The lowest BCUT2D eigenvalue weighted by Gasteiger charge is -2.07. The minimum Gasteiger partial charge on any atom is -0.465 e. The topological polar surface area (TPSA) is 72.5 Å². The number of esters is 1. The average molecular weight is 302 g/mol. The third-order valence-corrected chi connectivity index (χ3v) is 2.87. The van der Waals surface area contributed by atoms with Gasteiger partial charge in [0.1, 0.15) is 0 Å². The summed E-state index contributed by atoms with van der Waals surface area (Å²) >= 11 is 2.87. The molecule has 1 aromatic carbocycles. The normalized spacial score (nSPS) is 13.4. The number of nitrogens with one attached hydrogen (secondary N) is 1. The summed E-state index contributed by atoms with van der Waals surface area (Å²) in [6.45, 7) is 0. The maximum absolute atomic E-state index is 13.7. The van der Waals surface area contributed by atoms with Crippen molar-refractivity contribution in [3.05, 3.63) is 27.5 Å². The van der Waals surface area contributed by atoms with E-state index in [1.54, 1.807) is 0 Å². The second-order valence-electron chi connectivity index (χ2n) is 3.24. The highest BCUT2D eigenvalue weighted by atomic mass is 79.9. The SMILES string of the molecule is COC(=O)c1cc(Br)c(F)c2c1NC(=O)C2=O. The van der Waals surface area contributed by atoms with E-state index in [9.17, 15) is 18.8 Å². The largest absolute Gasteiger partial charge is 0.465 e.